The van der Waals surface area contributed by atoms with Gasteiger partial charge in [-0.2, -0.15) is 19.8 Å². The van der Waals surface area contributed by atoms with E-state index < -0.39 is 12.2 Å². The number of carbonyl (C=O) groups is 2. The number of hydrogen-bond acceptors (Lipinski definition) is 23. The van der Waals surface area contributed by atoms with Gasteiger partial charge in [0.05, 0.1) is 22.8 Å². The van der Waals surface area contributed by atoms with Gasteiger partial charge in [-0.05, 0) is 344 Å². The summed E-state index contributed by atoms with van der Waals surface area (Å²) in [7, 11) is 0. The zero-order chi connectivity index (χ0) is 85.2. The third-order valence-electron chi connectivity index (χ3n) is 20.3. The van der Waals surface area contributed by atoms with Gasteiger partial charge < -0.3 is 51.2 Å². The van der Waals surface area contributed by atoms with Crippen LogP contribution in [0.25, 0.3) is 45.3 Å². The Kier molecular flexibility index (Phi) is 33.9. The first kappa shape index (κ1) is 89.0. The molecule has 0 spiro atoms. The van der Waals surface area contributed by atoms with Gasteiger partial charge in [0.15, 0.2) is 0 Å². The molecule has 25 nitrogen and oxygen atoms in total. The molecule has 0 saturated heterocycles. The van der Waals surface area contributed by atoms with Crippen molar-refractivity contribution in [2.45, 2.75) is 163 Å². The predicted octanol–water partition coefficient (Wildman–Crippen LogP) is 19.4. The average molecular weight is 1600 g/mol. The van der Waals surface area contributed by atoms with Gasteiger partial charge in [0, 0.05) is 62.8 Å². The van der Waals surface area contributed by atoms with Crippen LogP contribution in [0.2, 0.25) is 0 Å². The highest BCUT2D eigenvalue weighted by atomic mass is 16.6. The fourth-order valence-electron chi connectivity index (χ4n) is 14.7. The van der Waals surface area contributed by atoms with Crippen molar-refractivity contribution in [3.05, 3.63) is 274 Å². The number of aromatic nitrogens is 6. The number of rotatable bonds is 11. The maximum atomic E-state index is 13.1. The van der Waals surface area contributed by atoms with Crippen molar-refractivity contribution in [1.29, 1.82) is 10.8 Å². The lowest BCUT2D eigenvalue weighted by Crippen LogP contribution is -2.45. The maximum absolute atomic E-state index is 13.1. The second kappa shape index (κ2) is 45.4. The number of amides is 2. The number of ether oxygens (including phenoxy) is 2. The van der Waals surface area contributed by atoms with Crippen LogP contribution >= 0.6 is 0 Å². The van der Waals surface area contributed by atoms with Crippen LogP contribution in [0.5, 0.6) is 34.5 Å². The normalized spacial score (nSPS) is 16.0. The van der Waals surface area contributed by atoms with Gasteiger partial charge in [-0.25, -0.2) is 9.59 Å². The molecule has 0 radical (unpaired) electrons. The number of benzene rings is 9. The molecule has 4 unspecified atom stereocenters. The molecule has 4 atom stereocenters. The number of phenolic OH excluding ortho intramolecular Hbond substituents is 6. The molecule has 10 N–H and O–H groups in total. The summed E-state index contributed by atoms with van der Waals surface area (Å²) in [5.41, 5.74) is 26.5. The van der Waals surface area contributed by atoms with Gasteiger partial charge in [0.25, 0.3) is 0 Å². The third-order valence-corrected chi connectivity index (χ3v) is 20.3. The van der Waals surface area contributed by atoms with Crippen LogP contribution < -0.4 is 16.4 Å². The first-order valence-corrected chi connectivity index (χ1v) is 39.7. The number of anilines is 2. The Labute approximate surface area is 693 Å². The lowest BCUT2D eigenvalue weighted by molar-refractivity contribution is -0.191. The van der Waals surface area contributed by atoms with Gasteiger partial charge in [-0.15, -0.1) is 30.6 Å². The number of nitrogens with two attached hydrogens (primary N) is 1. The second-order valence-electron chi connectivity index (χ2n) is 29.6. The summed E-state index contributed by atoms with van der Waals surface area (Å²) in [4.78, 5) is 41.3. The number of nitrogens with zero attached hydrogens (tertiary/aromatic N) is 10. The number of aromatic hydroxyl groups is 6. The molecule has 15 rings (SSSR count). The Morgan fingerprint density at radius 3 is 1.30 bits per heavy atom. The zero-order valence-electron chi connectivity index (χ0n) is 67.7. The molecule has 2 aromatic heterocycles. The van der Waals surface area contributed by atoms with E-state index in [-0.39, 0.29) is 64.7 Å². The maximum Gasteiger partial charge on any atom is 0.412 e. The molecule has 0 bridgehead atoms. The van der Waals surface area contributed by atoms with Crippen LogP contribution in [-0.4, -0.2) is 103 Å². The number of carbonyl (C=O) groups excluding carboxylic acids is 4. The van der Waals surface area contributed by atoms with E-state index in [0.717, 1.165) is 167 Å². The molecular formula is C94H101N13O12. The molecule has 9 aromatic carbocycles. The molecule has 2 amide bonds. The third kappa shape index (κ3) is 27.3. The summed E-state index contributed by atoms with van der Waals surface area (Å²) < 4.78 is 11.7. The van der Waals surface area contributed by atoms with Gasteiger partial charge in [0.1, 0.15) is 46.7 Å². The van der Waals surface area contributed by atoms with Crippen LogP contribution in [0.1, 0.15) is 151 Å². The molecule has 1 aliphatic heterocycles. The minimum atomic E-state index is -0.446. The van der Waals surface area contributed by atoms with Gasteiger partial charge in [0.2, 0.25) is 11.6 Å². The molecule has 25 heteroatoms. The van der Waals surface area contributed by atoms with Gasteiger partial charge in [-0.1, -0.05) is 74.1 Å². The van der Waals surface area contributed by atoms with E-state index in [9.17, 15) is 40.2 Å². The molecule has 1 fully saturated rings. The van der Waals surface area contributed by atoms with Crippen molar-refractivity contribution in [3.8, 4) is 79.8 Å². The van der Waals surface area contributed by atoms with Gasteiger partial charge >= 0.3 is 18.3 Å². The van der Waals surface area contributed by atoms with Crippen LogP contribution in [-0.2, 0) is 38.4 Å². The number of alkyl carbamates (subject to hydrolysis) is 1. The molecule has 1 saturated carbocycles. The fraction of sp³-hybridized carbons (Fsp3) is 0.287. The van der Waals surface area contributed by atoms with Gasteiger partial charge in [-0.3, -0.25) is 5.32 Å². The van der Waals surface area contributed by atoms with E-state index >= 15 is 0 Å². The summed E-state index contributed by atoms with van der Waals surface area (Å²) in [5.74, 6) is 1.77. The number of phenols is 6. The molecule has 119 heavy (non-hydrogen) atoms. The number of nitrogen functional groups attached to an aromatic ring is 1. The summed E-state index contributed by atoms with van der Waals surface area (Å²) >= 11 is 0. The van der Waals surface area contributed by atoms with Crippen molar-refractivity contribution in [1.82, 2.24) is 35.9 Å². The minimum Gasteiger partial charge on any atom is -0.508 e. The summed E-state index contributed by atoms with van der Waals surface area (Å²) in [6.07, 6.45) is 20.0. The van der Waals surface area contributed by atoms with E-state index in [4.69, 9.17) is 35.6 Å². The summed E-state index contributed by atoms with van der Waals surface area (Å²) in [6.45, 7) is 12.6. The molecule has 11 aromatic rings. The number of aryl methyl sites for hydroxylation is 6. The quantitative estimate of drug-likeness (QED) is 0.0330. The van der Waals surface area contributed by atoms with Crippen molar-refractivity contribution >= 4 is 41.1 Å². The molecule has 614 valence electrons. The van der Waals surface area contributed by atoms with Crippen molar-refractivity contribution in [2.75, 3.05) is 11.1 Å². The Morgan fingerprint density at radius 2 is 0.840 bits per heavy atom. The summed E-state index contributed by atoms with van der Waals surface area (Å²) in [6, 6.07) is 59.5. The Hall–Kier alpha value is -14.0. The standard InChI is InChI=1S/C32H35N3O4.C22H22N2O2.C17H23NO2.C14H10N4O2.C8H11N.CO2.N2/c1-20-8-9-24(21(2)18-20)19-33-32(38)39-28-7-5-3-4-6-27-29(28)31(23-12-16-26(37)17-13-23)35-34-30(27)22-10-14-25(36)15-11-22;25-17-11-7-15(8-12-17)21-19-5-3-1-2-4-6-20(19)22(24-23-21)16-9-13-18(26)14-10-16;1-13-10-14(2)12-15(11-13)18-17(19)20-16-8-6-4-3-5-7-9-16;19-11-5-1-9(2-6-11)13-15-17-14(18-16-13)10-3-7-12(20)8-4-10;1-6-3-7(2)5-8(9)4-6;2-1-3;1-2/h8-18,27-29,36-37H,3-7,19H2,1-2H3,(H,33,38);7-14,25-26H,1-6H2;6,8,10-12,16H,3-5,7,9H2,1-2H3,(H,18,19);1-8,19-20H;3-5H,9H2,1-2H3;;/b;;8-6+;;;;. The van der Waals surface area contributed by atoms with Crippen LogP contribution in [0.3, 0.4) is 0 Å². The van der Waals surface area contributed by atoms with Crippen molar-refractivity contribution in [3.63, 3.8) is 0 Å². The molecule has 4 aliphatic rings. The highest BCUT2D eigenvalue weighted by Crippen LogP contribution is 2.40. The Bertz CT molecular complexity index is 5060. The highest BCUT2D eigenvalue weighted by molar-refractivity contribution is 6.12. The Balaban J connectivity index is 0.000000177. The zero-order valence-corrected chi connectivity index (χ0v) is 67.7. The van der Waals surface area contributed by atoms with E-state index in [2.05, 4.69) is 82.6 Å². The monoisotopic (exact) mass is 1600 g/mol. The number of nitrogens with one attached hydrogen (secondary N) is 2. The second-order valence-corrected chi connectivity index (χ2v) is 29.6. The number of hydrogen-bond donors (Lipinski definition) is 9. The van der Waals surface area contributed by atoms with E-state index in [1.165, 1.54) is 53.5 Å². The smallest absolute Gasteiger partial charge is 0.412 e. The largest absolute Gasteiger partial charge is 0.508 e. The van der Waals surface area contributed by atoms with E-state index in [1.54, 1.807) is 97.1 Å². The highest BCUT2D eigenvalue weighted by Gasteiger charge is 2.42. The van der Waals surface area contributed by atoms with Crippen LogP contribution in [0, 0.1) is 64.2 Å². The van der Waals surface area contributed by atoms with Crippen molar-refractivity contribution in [2.24, 2.45) is 22.0 Å². The molecule has 3 aliphatic carbocycles. The average Bonchev–Trinajstić information content (AvgIpc) is 0.772. The first-order valence-electron chi connectivity index (χ1n) is 39.7. The lowest BCUT2D eigenvalue weighted by atomic mass is 9.71. The van der Waals surface area contributed by atoms with Crippen LogP contribution in [0.4, 0.5) is 21.0 Å². The van der Waals surface area contributed by atoms with Crippen LogP contribution in [0.15, 0.2) is 223 Å². The predicted molar refractivity (Wildman–Crippen MR) is 457 cm³/mol. The summed E-state index contributed by atoms with van der Waals surface area (Å²) in [5, 5.41) is 110. The first-order chi connectivity index (χ1) is 57.6. The topological polar surface area (TPSA) is 408 Å². The van der Waals surface area contributed by atoms with E-state index in [0.29, 0.717) is 18.2 Å². The Morgan fingerprint density at radius 1 is 0.437 bits per heavy atom. The number of allylic oxidation sites excluding steroid dienone is 1. The lowest BCUT2D eigenvalue weighted by Gasteiger charge is -2.38. The SMILES string of the molecule is Cc1cc(C)cc(N)c1.Cc1cc(C)cc(NC(=O)OC2/C=C/CCCCC2)c1.Cc1ccc(CNC(=O)OC2CCCCCC3C(c4ccc(O)cc4)=NN=C(c4ccc(O)cc4)C23)c(C)c1.N#N.O=C=O.Oc1ccc(-c2nnc(-c3ccc(O)cc3)c3c2CCCCCC3)cc1.Oc1ccc(-c2nnc(-c3ccc(O)cc3)nn2)cc1. The molecule has 3 heterocycles. The fourth-order valence-corrected chi connectivity index (χ4v) is 14.7. The van der Waals surface area contributed by atoms with E-state index in [1.807, 2.05) is 126 Å². The van der Waals surface area contributed by atoms with Crippen molar-refractivity contribution < 1.29 is 59.3 Å². The molecular weight excluding hydrogens is 1500 g/mol. The minimum absolute atomic E-state index is 0.0201. The number of fused-ring (bicyclic) bond motifs is 2.